The van der Waals surface area contributed by atoms with Gasteiger partial charge in [0, 0.05) is 32.4 Å². The monoisotopic (exact) mass is 259 g/mol. The van der Waals surface area contributed by atoms with E-state index in [1.807, 2.05) is 38.1 Å². The Labute approximate surface area is 112 Å². The summed E-state index contributed by atoms with van der Waals surface area (Å²) in [6.07, 6.45) is 0. The first-order valence-corrected chi connectivity index (χ1v) is 5.96. The highest BCUT2D eigenvalue weighted by Crippen LogP contribution is 2.30. The second-order valence-corrected chi connectivity index (χ2v) is 4.76. The summed E-state index contributed by atoms with van der Waals surface area (Å²) in [5.74, 6) is -1.01. The van der Waals surface area contributed by atoms with Crippen molar-refractivity contribution in [2.45, 2.75) is 6.92 Å². The van der Waals surface area contributed by atoms with Crippen LogP contribution in [0.2, 0.25) is 0 Å². The highest BCUT2D eigenvalue weighted by molar-refractivity contribution is 5.88. The van der Waals surface area contributed by atoms with Crippen molar-refractivity contribution in [3.05, 3.63) is 35.5 Å². The maximum absolute atomic E-state index is 11.0. The predicted molar refractivity (Wildman–Crippen MR) is 74.7 cm³/mol. The van der Waals surface area contributed by atoms with E-state index < -0.39 is 5.97 Å². The van der Waals surface area contributed by atoms with E-state index in [1.165, 1.54) is 0 Å². The van der Waals surface area contributed by atoms with Crippen LogP contribution in [-0.4, -0.2) is 35.0 Å². The molecule has 1 aromatic heterocycles. The largest absolute Gasteiger partial charge is 0.476 e. The summed E-state index contributed by atoms with van der Waals surface area (Å²) in [5, 5.41) is 13.0. The smallest absolute Gasteiger partial charge is 0.356 e. The summed E-state index contributed by atoms with van der Waals surface area (Å²) >= 11 is 0. The molecule has 2 rings (SSSR count). The van der Waals surface area contributed by atoms with Gasteiger partial charge in [-0.3, -0.25) is 4.68 Å². The number of benzene rings is 1. The molecule has 0 radical (unpaired) electrons. The Balaban J connectivity index is 2.61. The molecule has 0 unspecified atom stereocenters. The fourth-order valence-electron chi connectivity index (χ4n) is 2.05. The van der Waals surface area contributed by atoms with Gasteiger partial charge in [0.25, 0.3) is 0 Å². The first-order valence-electron chi connectivity index (χ1n) is 5.96. The molecule has 5 heteroatoms. The van der Waals surface area contributed by atoms with Gasteiger partial charge in [-0.2, -0.15) is 5.10 Å². The molecule has 0 saturated carbocycles. The van der Waals surface area contributed by atoms with Crippen LogP contribution >= 0.6 is 0 Å². The van der Waals surface area contributed by atoms with Crippen molar-refractivity contribution in [1.82, 2.24) is 9.78 Å². The number of anilines is 1. The molecule has 0 bridgehead atoms. The summed E-state index contributed by atoms with van der Waals surface area (Å²) in [6, 6.07) is 7.67. The van der Waals surface area contributed by atoms with Gasteiger partial charge in [0.05, 0.1) is 5.69 Å². The van der Waals surface area contributed by atoms with Crippen molar-refractivity contribution in [2.75, 3.05) is 19.0 Å². The molecule has 1 N–H and O–H groups in total. The van der Waals surface area contributed by atoms with Crippen LogP contribution < -0.4 is 4.90 Å². The fourth-order valence-corrected chi connectivity index (χ4v) is 2.05. The van der Waals surface area contributed by atoms with E-state index >= 15 is 0 Å². The van der Waals surface area contributed by atoms with Crippen molar-refractivity contribution in [2.24, 2.45) is 7.05 Å². The third-order valence-electron chi connectivity index (χ3n) is 3.01. The van der Waals surface area contributed by atoms with Crippen molar-refractivity contribution >= 4 is 11.7 Å². The number of aryl methyl sites for hydroxylation is 2. The predicted octanol–water partition coefficient (Wildman–Crippen LogP) is 2.16. The van der Waals surface area contributed by atoms with Crippen molar-refractivity contribution < 1.29 is 9.90 Å². The van der Waals surface area contributed by atoms with Gasteiger partial charge in [-0.05, 0) is 24.6 Å². The maximum Gasteiger partial charge on any atom is 0.356 e. The molecular weight excluding hydrogens is 242 g/mol. The lowest BCUT2D eigenvalue weighted by Gasteiger charge is -2.18. The molecule has 0 saturated heterocycles. The van der Waals surface area contributed by atoms with Gasteiger partial charge in [0.15, 0.2) is 5.69 Å². The Hall–Kier alpha value is -2.30. The van der Waals surface area contributed by atoms with Crippen LogP contribution in [0.4, 0.5) is 5.69 Å². The van der Waals surface area contributed by atoms with Crippen LogP contribution in [0, 0.1) is 6.92 Å². The average molecular weight is 259 g/mol. The van der Waals surface area contributed by atoms with E-state index in [0.717, 1.165) is 22.5 Å². The van der Waals surface area contributed by atoms with E-state index in [9.17, 15) is 4.79 Å². The Kier molecular flexibility index (Phi) is 3.29. The summed E-state index contributed by atoms with van der Waals surface area (Å²) in [5.41, 5.74) is 4.02. The van der Waals surface area contributed by atoms with Crippen molar-refractivity contribution in [3.63, 3.8) is 0 Å². The van der Waals surface area contributed by atoms with Crippen LogP contribution in [0.5, 0.6) is 0 Å². The van der Waals surface area contributed by atoms with Gasteiger partial charge < -0.3 is 10.0 Å². The lowest BCUT2D eigenvalue weighted by atomic mass is 10.1. The van der Waals surface area contributed by atoms with E-state index in [1.54, 1.807) is 17.8 Å². The molecule has 0 atom stereocenters. The number of rotatable bonds is 3. The zero-order valence-corrected chi connectivity index (χ0v) is 11.5. The highest BCUT2D eigenvalue weighted by Gasteiger charge is 2.15. The molecule has 0 aliphatic carbocycles. The SMILES string of the molecule is Cc1ccc(-c2cc(C(=O)O)nn2C)c(N(C)C)c1. The lowest BCUT2D eigenvalue weighted by Crippen LogP contribution is -2.11. The Morgan fingerprint density at radius 3 is 2.53 bits per heavy atom. The Bertz CT molecular complexity index is 630. The molecule has 5 nitrogen and oxygen atoms in total. The minimum absolute atomic E-state index is 0.0581. The van der Waals surface area contributed by atoms with E-state index in [2.05, 4.69) is 11.2 Å². The number of aromatic carboxylic acids is 1. The van der Waals surface area contributed by atoms with Crippen molar-refractivity contribution in [1.29, 1.82) is 0 Å². The number of hydrogen-bond donors (Lipinski definition) is 1. The summed E-state index contributed by atoms with van der Waals surface area (Å²) in [6.45, 7) is 2.03. The number of carbonyl (C=O) groups is 1. The number of carboxylic acids is 1. The van der Waals surface area contributed by atoms with Gasteiger partial charge in [0.2, 0.25) is 0 Å². The van der Waals surface area contributed by atoms with E-state index in [-0.39, 0.29) is 5.69 Å². The second kappa shape index (κ2) is 4.76. The van der Waals surface area contributed by atoms with E-state index in [4.69, 9.17) is 5.11 Å². The Morgan fingerprint density at radius 2 is 2.00 bits per heavy atom. The summed E-state index contributed by atoms with van der Waals surface area (Å²) < 4.78 is 1.60. The molecule has 2 aromatic rings. The molecule has 1 heterocycles. The molecule has 1 aromatic carbocycles. The zero-order valence-electron chi connectivity index (χ0n) is 11.5. The third kappa shape index (κ3) is 2.45. The minimum Gasteiger partial charge on any atom is -0.476 e. The summed E-state index contributed by atoms with van der Waals surface area (Å²) in [7, 11) is 5.68. The molecule has 19 heavy (non-hydrogen) atoms. The normalized spacial score (nSPS) is 10.5. The van der Waals surface area contributed by atoms with Gasteiger partial charge in [-0.25, -0.2) is 4.79 Å². The molecule has 0 aliphatic heterocycles. The minimum atomic E-state index is -1.01. The maximum atomic E-state index is 11.0. The molecular formula is C14H17N3O2. The molecule has 0 amide bonds. The topological polar surface area (TPSA) is 58.4 Å². The van der Waals surface area contributed by atoms with Gasteiger partial charge in [-0.1, -0.05) is 12.1 Å². The van der Waals surface area contributed by atoms with Gasteiger partial charge >= 0.3 is 5.97 Å². The van der Waals surface area contributed by atoms with Crippen LogP contribution in [-0.2, 0) is 7.05 Å². The first-order chi connectivity index (χ1) is 8.90. The van der Waals surface area contributed by atoms with Crippen LogP contribution in [0.15, 0.2) is 24.3 Å². The molecule has 100 valence electrons. The summed E-state index contributed by atoms with van der Waals surface area (Å²) in [4.78, 5) is 13.0. The molecule has 0 fully saturated rings. The average Bonchev–Trinajstić information content (AvgIpc) is 2.71. The van der Waals surface area contributed by atoms with Gasteiger partial charge in [-0.15, -0.1) is 0 Å². The molecule has 0 spiro atoms. The first kappa shape index (κ1) is 13.1. The zero-order chi connectivity index (χ0) is 14.2. The fraction of sp³-hybridized carbons (Fsp3) is 0.286. The van der Waals surface area contributed by atoms with Crippen LogP contribution in [0.25, 0.3) is 11.3 Å². The van der Waals surface area contributed by atoms with Gasteiger partial charge in [0.1, 0.15) is 0 Å². The Morgan fingerprint density at radius 1 is 1.32 bits per heavy atom. The van der Waals surface area contributed by atoms with E-state index in [0.29, 0.717) is 0 Å². The van der Waals surface area contributed by atoms with Crippen LogP contribution in [0.1, 0.15) is 16.1 Å². The second-order valence-electron chi connectivity index (χ2n) is 4.76. The number of hydrogen-bond acceptors (Lipinski definition) is 3. The number of carboxylic acid groups (broad SMARTS) is 1. The lowest BCUT2D eigenvalue weighted by molar-refractivity contribution is 0.0689. The quantitative estimate of drug-likeness (QED) is 0.917. The number of aromatic nitrogens is 2. The highest BCUT2D eigenvalue weighted by atomic mass is 16.4. The molecule has 0 aliphatic rings. The number of nitrogens with zero attached hydrogens (tertiary/aromatic N) is 3. The van der Waals surface area contributed by atoms with Crippen LogP contribution in [0.3, 0.4) is 0 Å². The van der Waals surface area contributed by atoms with Crippen molar-refractivity contribution in [3.8, 4) is 11.3 Å². The third-order valence-corrected chi connectivity index (χ3v) is 3.01. The standard InChI is InChI=1S/C14H17N3O2/c1-9-5-6-10(12(7-9)16(2)3)13-8-11(14(18)19)15-17(13)4/h5-8H,1-4H3,(H,18,19).